The highest BCUT2D eigenvalue weighted by atomic mass is 16.6. The quantitative estimate of drug-likeness (QED) is 0.482. The molecule has 3 rings (SSSR count). The number of nitrogens with zero attached hydrogens (tertiary/aromatic N) is 3. The second kappa shape index (κ2) is 6.81. The summed E-state index contributed by atoms with van der Waals surface area (Å²) in [5.41, 5.74) is 0.570. The number of carboxylic acid groups (broad SMARTS) is 1. The maximum absolute atomic E-state index is 12.1. The number of rotatable bonds is 4. The number of urea groups is 1. The number of aromatic carboxylic acids is 1. The van der Waals surface area contributed by atoms with Crippen LogP contribution in [0.25, 0.3) is 11.0 Å². The molecule has 0 unspecified atom stereocenters. The van der Waals surface area contributed by atoms with E-state index >= 15 is 0 Å². The van der Waals surface area contributed by atoms with Crippen molar-refractivity contribution in [1.29, 1.82) is 0 Å². The van der Waals surface area contributed by atoms with Crippen molar-refractivity contribution in [1.82, 2.24) is 9.97 Å². The van der Waals surface area contributed by atoms with E-state index in [1.54, 1.807) is 24.3 Å². The Labute approximate surface area is 145 Å². The summed E-state index contributed by atoms with van der Waals surface area (Å²) in [4.78, 5) is 41.6. The van der Waals surface area contributed by atoms with Crippen molar-refractivity contribution in [3.8, 4) is 0 Å². The summed E-state index contributed by atoms with van der Waals surface area (Å²) in [6.07, 6.45) is 0. The van der Waals surface area contributed by atoms with E-state index in [0.29, 0.717) is 16.7 Å². The minimum Gasteiger partial charge on any atom is -0.476 e. The molecule has 0 aliphatic heterocycles. The number of anilines is 2. The van der Waals surface area contributed by atoms with Crippen molar-refractivity contribution in [2.24, 2.45) is 0 Å². The Morgan fingerprint density at radius 3 is 2.15 bits per heavy atom. The van der Waals surface area contributed by atoms with Crippen LogP contribution in [0.5, 0.6) is 0 Å². The molecule has 26 heavy (non-hydrogen) atoms. The van der Waals surface area contributed by atoms with Gasteiger partial charge in [0.05, 0.1) is 16.0 Å². The molecule has 10 nitrogen and oxygen atoms in total. The Hall–Kier alpha value is -4.08. The number of fused-ring (bicyclic) bond motifs is 1. The van der Waals surface area contributed by atoms with Gasteiger partial charge in [0.1, 0.15) is 0 Å². The summed E-state index contributed by atoms with van der Waals surface area (Å²) in [6, 6.07) is 11.0. The first-order valence-electron chi connectivity index (χ1n) is 7.26. The van der Waals surface area contributed by atoms with Crippen LogP contribution in [-0.2, 0) is 0 Å². The third-order valence-corrected chi connectivity index (χ3v) is 3.34. The minimum absolute atomic E-state index is 0.121. The largest absolute Gasteiger partial charge is 0.476 e. The van der Waals surface area contributed by atoms with Gasteiger partial charge in [0.25, 0.3) is 5.69 Å². The zero-order valence-electron chi connectivity index (χ0n) is 13.0. The molecule has 0 aliphatic carbocycles. The predicted molar refractivity (Wildman–Crippen MR) is 92.2 cm³/mol. The van der Waals surface area contributed by atoms with Gasteiger partial charge in [-0.3, -0.25) is 15.4 Å². The zero-order chi connectivity index (χ0) is 18.7. The molecule has 0 fully saturated rings. The van der Waals surface area contributed by atoms with Crippen LogP contribution in [0.2, 0.25) is 0 Å². The van der Waals surface area contributed by atoms with Crippen LogP contribution in [0.1, 0.15) is 10.5 Å². The smallest absolute Gasteiger partial charge is 0.358 e. The van der Waals surface area contributed by atoms with E-state index in [1.165, 1.54) is 24.3 Å². The molecule has 0 atom stereocenters. The van der Waals surface area contributed by atoms with Gasteiger partial charge in [-0.25, -0.2) is 19.6 Å². The summed E-state index contributed by atoms with van der Waals surface area (Å²) < 4.78 is 0. The lowest BCUT2D eigenvalue weighted by molar-refractivity contribution is -0.384. The lowest BCUT2D eigenvalue weighted by Crippen LogP contribution is -2.22. The fraction of sp³-hybridized carbons (Fsp3) is 0. The van der Waals surface area contributed by atoms with Gasteiger partial charge >= 0.3 is 12.0 Å². The number of hydrogen-bond donors (Lipinski definition) is 3. The number of benzene rings is 2. The van der Waals surface area contributed by atoms with E-state index in [4.69, 9.17) is 0 Å². The molecule has 3 aromatic rings. The molecule has 0 saturated heterocycles. The number of nitro benzene ring substituents is 1. The number of nitrogens with one attached hydrogen (secondary N) is 2. The normalized spacial score (nSPS) is 10.3. The number of non-ortho nitro benzene ring substituents is 1. The first kappa shape index (κ1) is 16.8. The second-order valence-electron chi connectivity index (χ2n) is 5.10. The fourth-order valence-electron chi connectivity index (χ4n) is 2.17. The van der Waals surface area contributed by atoms with Crippen LogP contribution in [0.15, 0.2) is 48.5 Å². The Bertz CT molecular complexity index is 1020. The summed E-state index contributed by atoms with van der Waals surface area (Å²) in [7, 11) is 0. The average Bonchev–Trinajstić information content (AvgIpc) is 2.61. The van der Waals surface area contributed by atoms with Crippen molar-refractivity contribution in [3.05, 3.63) is 64.3 Å². The predicted octanol–water partition coefficient (Wildman–Crippen LogP) is 2.88. The monoisotopic (exact) mass is 353 g/mol. The zero-order valence-corrected chi connectivity index (χ0v) is 13.0. The minimum atomic E-state index is -1.34. The molecule has 2 amide bonds. The lowest BCUT2D eigenvalue weighted by atomic mass is 10.3. The first-order chi connectivity index (χ1) is 12.4. The molecule has 130 valence electrons. The van der Waals surface area contributed by atoms with Crippen molar-refractivity contribution in [3.63, 3.8) is 0 Å². The second-order valence-corrected chi connectivity index (χ2v) is 5.10. The number of aromatic nitrogens is 2. The topological polar surface area (TPSA) is 147 Å². The van der Waals surface area contributed by atoms with Crippen LogP contribution < -0.4 is 10.6 Å². The molecule has 0 saturated carbocycles. The Kier molecular flexibility index (Phi) is 4.39. The van der Waals surface area contributed by atoms with E-state index in [9.17, 15) is 24.8 Å². The van der Waals surface area contributed by atoms with Gasteiger partial charge in [-0.05, 0) is 24.3 Å². The lowest BCUT2D eigenvalue weighted by Gasteiger charge is -2.09. The SMILES string of the molecule is O=C(Nc1ccc([N+](=O)[O-])cc1)Nc1nc2ccccc2nc1C(=O)O. The number of para-hydroxylation sites is 2. The number of carboxylic acids is 1. The number of hydrogen-bond acceptors (Lipinski definition) is 6. The molecule has 2 aromatic carbocycles. The average molecular weight is 353 g/mol. The number of amides is 2. The summed E-state index contributed by atoms with van der Waals surface area (Å²) in [5.74, 6) is -1.55. The van der Waals surface area contributed by atoms with Crippen LogP contribution >= 0.6 is 0 Å². The maximum Gasteiger partial charge on any atom is 0.358 e. The number of carbonyl (C=O) groups excluding carboxylic acids is 1. The van der Waals surface area contributed by atoms with Crippen LogP contribution in [-0.4, -0.2) is 32.0 Å². The highest BCUT2D eigenvalue weighted by Crippen LogP contribution is 2.18. The van der Waals surface area contributed by atoms with Gasteiger partial charge in [0.15, 0.2) is 11.5 Å². The highest BCUT2D eigenvalue weighted by molar-refractivity contribution is 6.04. The third kappa shape index (κ3) is 3.53. The number of nitro groups is 1. The highest BCUT2D eigenvalue weighted by Gasteiger charge is 2.17. The molecule has 0 bridgehead atoms. The molecule has 1 heterocycles. The van der Waals surface area contributed by atoms with Crippen molar-refractivity contribution >= 4 is 40.2 Å². The van der Waals surface area contributed by atoms with E-state index in [2.05, 4.69) is 20.6 Å². The summed E-state index contributed by atoms with van der Waals surface area (Å²) in [6.45, 7) is 0. The summed E-state index contributed by atoms with van der Waals surface area (Å²) >= 11 is 0. The molecular formula is C16H11N5O5. The van der Waals surface area contributed by atoms with E-state index in [0.717, 1.165) is 0 Å². The van der Waals surface area contributed by atoms with Crippen molar-refractivity contribution < 1.29 is 19.6 Å². The van der Waals surface area contributed by atoms with Gasteiger partial charge in [0, 0.05) is 17.8 Å². The van der Waals surface area contributed by atoms with Gasteiger partial charge in [-0.15, -0.1) is 0 Å². The van der Waals surface area contributed by atoms with Crippen LogP contribution in [0.4, 0.5) is 22.0 Å². The summed E-state index contributed by atoms with van der Waals surface area (Å²) in [5, 5.41) is 24.7. The van der Waals surface area contributed by atoms with E-state index < -0.39 is 22.6 Å². The standard InChI is InChI=1S/C16H11N5O5/c22-15(23)13-14(19-12-4-2-1-3-11(12)18-13)20-16(24)17-9-5-7-10(8-6-9)21(25)26/h1-8H,(H,22,23)(H2,17,19,20,24). The Morgan fingerprint density at radius 1 is 0.962 bits per heavy atom. The van der Waals surface area contributed by atoms with Gasteiger partial charge in [-0.2, -0.15) is 0 Å². The molecule has 0 spiro atoms. The van der Waals surface area contributed by atoms with Gasteiger partial charge in [-0.1, -0.05) is 12.1 Å². The molecule has 10 heteroatoms. The third-order valence-electron chi connectivity index (χ3n) is 3.34. The fourth-order valence-corrected chi connectivity index (χ4v) is 2.17. The van der Waals surface area contributed by atoms with Gasteiger partial charge < -0.3 is 10.4 Å². The molecule has 0 aliphatic rings. The van der Waals surface area contributed by atoms with Crippen molar-refractivity contribution in [2.45, 2.75) is 0 Å². The molecular weight excluding hydrogens is 342 g/mol. The van der Waals surface area contributed by atoms with E-state index in [-0.39, 0.29) is 11.5 Å². The molecule has 0 radical (unpaired) electrons. The van der Waals surface area contributed by atoms with E-state index in [1.807, 2.05) is 0 Å². The van der Waals surface area contributed by atoms with Crippen LogP contribution in [0, 0.1) is 10.1 Å². The Morgan fingerprint density at radius 2 is 1.58 bits per heavy atom. The maximum atomic E-state index is 12.1. The Balaban J connectivity index is 1.83. The van der Waals surface area contributed by atoms with Crippen molar-refractivity contribution in [2.75, 3.05) is 10.6 Å². The number of carbonyl (C=O) groups is 2. The molecule has 3 N–H and O–H groups in total. The first-order valence-corrected chi connectivity index (χ1v) is 7.26. The molecule has 1 aromatic heterocycles. The van der Waals surface area contributed by atoms with Crippen LogP contribution in [0.3, 0.4) is 0 Å². The van der Waals surface area contributed by atoms with Gasteiger partial charge in [0.2, 0.25) is 0 Å².